The predicted octanol–water partition coefficient (Wildman–Crippen LogP) is 3.01. The second-order valence-electron chi connectivity index (χ2n) is 1.92. The Kier molecular flexibility index (Phi) is 31.7. The van der Waals surface area contributed by atoms with E-state index in [-0.39, 0.29) is 4.92 Å². The number of aldehydes is 1. The monoisotopic (exact) mass is 565 g/mol. The molecule has 0 unspecified atom stereocenters. The molecule has 0 spiro atoms. The summed E-state index contributed by atoms with van der Waals surface area (Å²) in [5.41, 5.74) is 0. The number of rotatable bonds is 2. The number of hydrogen-bond acceptors (Lipinski definition) is 3. The third kappa shape index (κ3) is 76.3. The minimum atomic E-state index is -0.278. The molecule has 0 aromatic heterocycles. The van der Waals surface area contributed by atoms with E-state index < -0.39 is 0 Å². The summed E-state index contributed by atoms with van der Waals surface area (Å²) in [7, 11) is 5.60. The molecule has 0 rings (SSSR count). The van der Waals surface area contributed by atoms with Gasteiger partial charge in [0.05, 0.1) is 6.73 Å². The van der Waals surface area contributed by atoms with Gasteiger partial charge in [0.25, 0.3) is 0 Å². The number of carbonyl (C=O) groups is 1. The number of hydrogen-bond donors (Lipinski definition) is 0. The molecule has 0 aromatic rings. The second-order valence-corrected chi connectivity index (χ2v) is 37.3. The van der Waals surface area contributed by atoms with Crippen LogP contribution in [0.25, 0.3) is 0 Å². The van der Waals surface area contributed by atoms with Gasteiger partial charge in [-0.1, -0.05) is 0 Å². The van der Waals surface area contributed by atoms with Crippen molar-refractivity contribution in [2.45, 2.75) is 6.92 Å². The molecule has 0 fully saturated rings. The van der Waals surface area contributed by atoms with Crippen molar-refractivity contribution in [3.63, 3.8) is 0 Å². The molecular weight excluding hydrogens is 550 g/mol. The number of halogens is 3. The van der Waals surface area contributed by atoms with Crippen molar-refractivity contribution in [1.29, 1.82) is 0 Å². The van der Waals surface area contributed by atoms with E-state index in [0.717, 1.165) is 6.29 Å². The number of carbonyl (C=O) groups excluding carboxylic acids is 1. The first-order valence-corrected chi connectivity index (χ1v) is 16.7. The normalized spacial score (nSPS) is 8.38. The molecule has 0 aliphatic carbocycles. The van der Waals surface area contributed by atoms with Gasteiger partial charge in [-0.05, 0) is 21.0 Å². The molecule has 0 aromatic carbocycles. The summed E-state index contributed by atoms with van der Waals surface area (Å²) in [4.78, 5) is 10.5. The van der Waals surface area contributed by atoms with Crippen LogP contribution in [0.4, 0.5) is 0 Å². The maximum atomic E-state index is 8.81. The van der Waals surface area contributed by atoms with Gasteiger partial charge in [-0.2, -0.15) is 0 Å². The summed E-state index contributed by atoms with van der Waals surface area (Å²) in [6.45, 7) is 2.15. The van der Waals surface area contributed by atoms with Crippen molar-refractivity contribution in [2.75, 3.05) is 27.9 Å². The summed E-state index contributed by atoms with van der Waals surface area (Å²) < 4.78 is 4.73. The van der Waals surface area contributed by atoms with Crippen LogP contribution in [0.5, 0.6) is 0 Å². The molecular formula is C6H15I3NO2V. The molecule has 0 aliphatic heterocycles. The average Bonchev–Trinajstić information content (AvgIpc) is 1.86. The first-order chi connectivity index (χ1) is 5.92. The minimum absolute atomic E-state index is 0.278. The number of ether oxygens (including phenoxy) is 1. The molecule has 0 aliphatic rings. The molecule has 7 heteroatoms. The topological polar surface area (TPSA) is 29.5 Å². The van der Waals surface area contributed by atoms with Crippen LogP contribution in [-0.4, -0.2) is 39.1 Å². The Morgan fingerprint density at radius 1 is 1.38 bits per heavy atom. The fourth-order valence-corrected chi connectivity index (χ4v) is 0.258. The SMILES string of the molecule is CC=O.COCN(C)C.[I][V]([I])[I]. The molecule has 3 nitrogen and oxygen atoms in total. The van der Waals surface area contributed by atoms with Gasteiger partial charge in [0.15, 0.2) is 0 Å². The fourth-order valence-electron chi connectivity index (χ4n) is 0.258. The van der Waals surface area contributed by atoms with Crippen molar-refractivity contribution in [1.82, 2.24) is 4.90 Å². The van der Waals surface area contributed by atoms with Crippen LogP contribution in [-0.2, 0) is 14.5 Å². The van der Waals surface area contributed by atoms with Gasteiger partial charge >= 0.3 is 64.9 Å². The van der Waals surface area contributed by atoms with E-state index in [1.165, 1.54) is 6.92 Å². The molecule has 0 radical (unpaired) electrons. The molecule has 0 saturated heterocycles. The van der Waals surface area contributed by atoms with E-state index in [4.69, 9.17) is 9.53 Å². The third-order valence-electron chi connectivity index (χ3n) is 0.387. The van der Waals surface area contributed by atoms with Crippen LogP contribution in [0.15, 0.2) is 0 Å². The molecule has 0 N–H and O–H groups in total. The van der Waals surface area contributed by atoms with Crippen LogP contribution in [0.2, 0.25) is 0 Å². The third-order valence-corrected chi connectivity index (χ3v) is 0.387. The average molecular weight is 565 g/mol. The summed E-state index contributed by atoms with van der Waals surface area (Å²) in [6, 6.07) is 0. The van der Waals surface area contributed by atoms with Gasteiger partial charge in [-0.3, -0.25) is 4.90 Å². The number of nitrogens with zero attached hydrogens (tertiary/aromatic N) is 1. The zero-order valence-corrected chi connectivity index (χ0v) is 16.0. The van der Waals surface area contributed by atoms with E-state index in [0.29, 0.717) is 6.73 Å². The maximum absolute atomic E-state index is 8.81. The van der Waals surface area contributed by atoms with Crippen molar-refractivity contribution in [3.8, 4) is 0 Å². The molecule has 13 heavy (non-hydrogen) atoms. The summed E-state index contributed by atoms with van der Waals surface area (Å²) in [6.07, 6.45) is 0.750. The van der Waals surface area contributed by atoms with Gasteiger partial charge in [0.2, 0.25) is 0 Å². The molecule has 0 bridgehead atoms. The molecule has 0 saturated carbocycles. The molecule has 82 valence electrons. The fraction of sp³-hybridized carbons (Fsp3) is 0.833. The van der Waals surface area contributed by atoms with E-state index in [1.54, 1.807) is 7.11 Å². The Balaban J connectivity index is -0.000000125. The van der Waals surface area contributed by atoms with E-state index in [2.05, 4.69) is 59.9 Å². The predicted molar refractivity (Wildman–Crippen MR) is 79.4 cm³/mol. The van der Waals surface area contributed by atoms with Gasteiger partial charge in [-0.15, -0.1) is 0 Å². The zero-order chi connectivity index (χ0) is 11.3. The Bertz CT molecular complexity index is 93.2. The van der Waals surface area contributed by atoms with E-state index in [1.807, 2.05) is 19.0 Å². The van der Waals surface area contributed by atoms with Crippen molar-refractivity contribution < 1.29 is 14.5 Å². The molecule has 0 atom stereocenters. The van der Waals surface area contributed by atoms with Crippen LogP contribution in [0.1, 0.15) is 6.92 Å². The summed E-state index contributed by atoms with van der Waals surface area (Å²) in [5.74, 6) is 0. The molecule has 0 amide bonds. The first-order valence-electron chi connectivity index (χ1n) is 3.23. The Morgan fingerprint density at radius 3 is 1.62 bits per heavy atom. The van der Waals surface area contributed by atoms with E-state index in [9.17, 15) is 0 Å². The standard InChI is InChI=1S/C4H11NO.C2H4O.3HI.V/c1-5(2)4-6-3;1-2-3;;;;/h4H2,1-3H3;2H,1H3;3*1H;/q;;;;;+3/p-3. The quantitative estimate of drug-likeness (QED) is 0.294. The first kappa shape index (κ1) is 20.7. The van der Waals surface area contributed by atoms with Crippen LogP contribution < -0.4 is 0 Å². The van der Waals surface area contributed by atoms with Crippen molar-refractivity contribution in [2.24, 2.45) is 0 Å². The van der Waals surface area contributed by atoms with Crippen molar-refractivity contribution in [3.05, 3.63) is 0 Å². The van der Waals surface area contributed by atoms with Crippen LogP contribution in [0.3, 0.4) is 0 Å². The van der Waals surface area contributed by atoms with Crippen LogP contribution in [0, 0.1) is 0 Å². The number of methoxy groups -OCH3 is 1. The summed E-state index contributed by atoms with van der Waals surface area (Å²) in [5, 5.41) is 0. The molecule has 0 heterocycles. The van der Waals surface area contributed by atoms with E-state index >= 15 is 0 Å². The van der Waals surface area contributed by atoms with Crippen molar-refractivity contribution >= 4 is 66.2 Å². The van der Waals surface area contributed by atoms with Gasteiger partial charge in [0.1, 0.15) is 6.29 Å². The van der Waals surface area contributed by atoms with Gasteiger partial charge in [0, 0.05) is 7.11 Å². The zero-order valence-electron chi connectivity index (χ0n) is 8.13. The van der Waals surface area contributed by atoms with Gasteiger partial charge < -0.3 is 9.53 Å². The van der Waals surface area contributed by atoms with Crippen LogP contribution >= 0.6 is 59.9 Å². The Hall–Kier alpha value is 2.36. The van der Waals surface area contributed by atoms with Gasteiger partial charge in [-0.25, -0.2) is 0 Å². The Labute approximate surface area is 118 Å². The summed E-state index contributed by atoms with van der Waals surface area (Å²) >= 11 is 7.39. The Morgan fingerprint density at radius 2 is 1.62 bits per heavy atom. The second kappa shape index (κ2) is 19.9.